The van der Waals surface area contributed by atoms with Gasteiger partial charge in [-0.1, -0.05) is 0 Å². The van der Waals surface area contributed by atoms with Crippen LogP contribution in [0, 0.1) is 11.8 Å². The quantitative estimate of drug-likeness (QED) is 0.371. The third-order valence-corrected chi connectivity index (χ3v) is 9.52. The molecule has 2 fully saturated rings. The molecule has 0 amide bonds. The highest BCUT2D eigenvalue weighted by molar-refractivity contribution is 5.91. The molecule has 2 aromatic carbocycles. The summed E-state index contributed by atoms with van der Waals surface area (Å²) in [5, 5.41) is 1.22. The van der Waals surface area contributed by atoms with E-state index >= 15 is 0 Å². The van der Waals surface area contributed by atoms with Crippen LogP contribution in [0.1, 0.15) is 47.4 Å². The van der Waals surface area contributed by atoms with Gasteiger partial charge in [-0.05, 0) is 55.0 Å². The SMILES string of the molecule is COc1ccc2c3c([nH]c2c1)[C@H]1CC2C(C[C@@H](OC(=O)c4cc(OC)c(OC)c(OC)c4)[C@@H](OC)[C@H]2OC(C)=O)CN1CC3. The first-order valence-electron chi connectivity index (χ1n) is 14.9. The molecule has 2 unspecified atom stereocenters. The van der Waals surface area contributed by atoms with Gasteiger partial charge in [-0.25, -0.2) is 4.79 Å². The molecule has 1 N–H and O–H groups in total. The maximum absolute atomic E-state index is 13.5. The monoisotopic (exact) mass is 608 g/mol. The van der Waals surface area contributed by atoms with E-state index in [9.17, 15) is 9.59 Å². The van der Waals surface area contributed by atoms with Crippen LogP contribution in [0.4, 0.5) is 0 Å². The first-order valence-corrected chi connectivity index (χ1v) is 14.9. The maximum Gasteiger partial charge on any atom is 0.338 e. The summed E-state index contributed by atoms with van der Waals surface area (Å²) in [4.78, 5) is 32.1. The number of hydrogen-bond acceptors (Lipinski definition) is 10. The van der Waals surface area contributed by atoms with Crippen LogP contribution in [0.3, 0.4) is 0 Å². The lowest BCUT2D eigenvalue weighted by atomic mass is 9.67. The second-order valence-corrected chi connectivity index (χ2v) is 11.7. The fraction of sp³-hybridized carbons (Fsp3) is 0.515. The van der Waals surface area contributed by atoms with Crippen molar-refractivity contribution in [3.8, 4) is 23.0 Å². The molecule has 1 saturated carbocycles. The van der Waals surface area contributed by atoms with E-state index in [0.29, 0.717) is 23.7 Å². The molecule has 3 heterocycles. The Morgan fingerprint density at radius 3 is 2.27 bits per heavy atom. The Bertz CT molecular complexity index is 1530. The van der Waals surface area contributed by atoms with E-state index in [2.05, 4.69) is 16.0 Å². The van der Waals surface area contributed by atoms with Crippen molar-refractivity contribution in [2.45, 2.75) is 50.5 Å². The van der Waals surface area contributed by atoms with Gasteiger partial charge < -0.3 is 38.1 Å². The third-order valence-electron chi connectivity index (χ3n) is 9.52. The van der Waals surface area contributed by atoms with Crippen molar-refractivity contribution in [2.24, 2.45) is 11.8 Å². The van der Waals surface area contributed by atoms with Gasteiger partial charge >= 0.3 is 11.9 Å². The van der Waals surface area contributed by atoms with Gasteiger partial charge in [0.2, 0.25) is 5.75 Å². The van der Waals surface area contributed by atoms with E-state index in [1.54, 1.807) is 26.4 Å². The number of H-pyrrole nitrogens is 1. The Morgan fingerprint density at radius 2 is 1.64 bits per heavy atom. The number of methoxy groups -OCH3 is 5. The molecule has 1 aromatic heterocycles. The second kappa shape index (κ2) is 12.2. The topological polar surface area (TPSA) is 118 Å². The Labute approximate surface area is 256 Å². The van der Waals surface area contributed by atoms with Crippen molar-refractivity contribution >= 4 is 22.8 Å². The van der Waals surface area contributed by atoms with Crippen LogP contribution in [0.5, 0.6) is 23.0 Å². The summed E-state index contributed by atoms with van der Waals surface area (Å²) in [7, 11) is 7.73. The van der Waals surface area contributed by atoms with E-state index in [-0.39, 0.29) is 23.4 Å². The van der Waals surface area contributed by atoms with Gasteiger partial charge in [-0.2, -0.15) is 0 Å². The highest BCUT2D eigenvalue weighted by atomic mass is 16.6. The zero-order valence-electron chi connectivity index (χ0n) is 26.0. The molecule has 44 heavy (non-hydrogen) atoms. The first kappa shape index (κ1) is 30.1. The van der Waals surface area contributed by atoms with E-state index in [4.69, 9.17) is 33.2 Å². The number of fused-ring (bicyclic) bond motifs is 6. The number of carbonyl (C=O) groups excluding carboxylic acids is 2. The smallest absolute Gasteiger partial charge is 0.338 e. The zero-order chi connectivity index (χ0) is 31.1. The standard InChI is InChI=1S/C33H40N2O9/c1-17(36)43-30-23-15-25-29-22(21-8-7-20(38-2)14-24(21)34-29)9-10-35(25)16-19(23)13-28(32(30)42-6)44-33(37)18-11-26(39-3)31(41-5)27(12-18)40-4/h7-8,11-12,14,19,23,25,28,30,32,34H,9-10,13,15-16H2,1-6H3/t19?,23?,25-,28-,30+,32-/m1/s1. The Kier molecular flexibility index (Phi) is 8.34. The van der Waals surface area contributed by atoms with Gasteiger partial charge in [-0.15, -0.1) is 0 Å². The fourth-order valence-electron chi connectivity index (χ4n) is 7.59. The van der Waals surface area contributed by atoms with Crippen molar-refractivity contribution < 1.29 is 42.7 Å². The van der Waals surface area contributed by atoms with Gasteiger partial charge in [0, 0.05) is 55.7 Å². The van der Waals surface area contributed by atoms with Gasteiger partial charge in [0.15, 0.2) is 11.5 Å². The lowest BCUT2D eigenvalue weighted by Crippen LogP contribution is -2.59. The normalized spacial score (nSPS) is 26.1. The van der Waals surface area contributed by atoms with Crippen LogP contribution in [-0.4, -0.2) is 88.8 Å². The number of piperidine rings is 1. The van der Waals surface area contributed by atoms with Crippen LogP contribution >= 0.6 is 0 Å². The lowest BCUT2D eigenvalue weighted by molar-refractivity contribution is -0.192. The van der Waals surface area contributed by atoms with Crippen molar-refractivity contribution in [3.05, 3.63) is 47.2 Å². The van der Waals surface area contributed by atoms with Crippen LogP contribution in [0.2, 0.25) is 0 Å². The van der Waals surface area contributed by atoms with Crippen molar-refractivity contribution in [2.75, 3.05) is 48.6 Å². The number of carbonyl (C=O) groups is 2. The molecule has 11 heteroatoms. The molecule has 0 spiro atoms. The van der Waals surface area contributed by atoms with E-state index in [0.717, 1.165) is 37.2 Å². The highest BCUT2D eigenvalue weighted by Crippen LogP contribution is 2.49. The molecular weight excluding hydrogens is 568 g/mol. The average Bonchev–Trinajstić information content (AvgIpc) is 3.41. The van der Waals surface area contributed by atoms with Crippen LogP contribution in [0.15, 0.2) is 30.3 Å². The summed E-state index contributed by atoms with van der Waals surface area (Å²) in [5.41, 5.74) is 3.86. The van der Waals surface area contributed by atoms with Gasteiger partial charge in [0.25, 0.3) is 0 Å². The average molecular weight is 609 g/mol. The number of aromatic amines is 1. The molecule has 236 valence electrons. The summed E-state index contributed by atoms with van der Waals surface area (Å²) in [5.74, 6) is 1.10. The number of benzene rings is 2. The fourth-order valence-corrected chi connectivity index (χ4v) is 7.59. The molecule has 6 rings (SSSR count). The Morgan fingerprint density at radius 1 is 0.886 bits per heavy atom. The number of nitrogens with zero attached hydrogens (tertiary/aromatic N) is 1. The highest BCUT2D eigenvalue weighted by Gasteiger charge is 2.53. The predicted molar refractivity (Wildman–Crippen MR) is 161 cm³/mol. The molecule has 6 atom stereocenters. The zero-order valence-corrected chi connectivity index (χ0v) is 26.0. The number of hydrogen-bond donors (Lipinski definition) is 1. The molecule has 1 saturated heterocycles. The van der Waals surface area contributed by atoms with E-state index in [1.807, 2.05) is 12.1 Å². The Balaban J connectivity index is 1.29. The third kappa shape index (κ3) is 5.21. The molecule has 11 nitrogen and oxygen atoms in total. The van der Waals surface area contributed by atoms with Crippen molar-refractivity contribution in [1.29, 1.82) is 0 Å². The number of nitrogens with one attached hydrogen (secondary N) is 1. The summed E-state index contributed by atoms with van der Waals surface area (Å²) in [6.07, 6.45) is 0.459. The van der Waals surface area contributed by atoms with Crippen LogP contribution < -0.4 is 18.9 Å². The number of ether oxygens (including phenoxy) is 7. The molecule has 3 aromatic rings. The van der Waals surface area contributed by atoms with Crippen LogP contribution in [-0.2, 0) is 25.4 Å². The van der Waals surface area contributed by atoms with Crippen molar-refractivity contribution in [1.82, 2.24) is 9.88 Å². The summed E-state index contributed by atoms with van der Waals surface area (Å²) in [6, 6.07) is 9.44. The molecule has 0 radical (unpaired) electrons. The molecule has 3 aliphatic rings. The lowest BCUT2D eigenvalue weighted by Gasteiger charge is -2.53. The van der Waals surface area contributed by atoms with E-state index in [1.165, 1.54) is 44.9 Å². The predicted octanol–water partition coefficient (Wildman–Crippen LogP) is 4.31. The second-order valence-electron chi connectivity index (χ2n) is 11.7. The summed E-state index contributed by atoms with van der Waals surface area (Å²) in [6.45, 7) is 3.12. The number of aromatic nitrogens is 1. The number of rotatable bonds is 8. The molecule has 2 aliphatic heterocycles. The van der Waals surface area contributed by atoms with Gasteiger partial charge in [0.05, 0.1) is 40.0 Å². The minimum absolute atomic E-state index is 0.0214. The van der Waals surface area contributed by atoms with Gasteiger partial charge in [-0.3, -0.25) is 9.69 Å². The summed E-state index contributed by atoms with van der Waals surface area (Å²) >= 11 is 0. The first-order chi connectivity index (χ1) is 21.3. The Hall–Kier alpha value is -3.96. The van der Waals surface area contributed by atoms with Gasteiger partial charge in [0.1, 0.15) is 24.1 Å². The molecule has 1 aliphatic carbocycles. The maximum atomic E-state index is 13.5. The minimum atomic E-state index is -0.632. The number of esters is 2. The minimum Gasteiger partial charge on any atom is -0.497 e. The van der Waals surface area contributed by atoms with E-state index < -0.39 is 30.3 Å². The van der Waals surface area contributed by atoms with Crippen LogP contribution in [0.25, 0.3) is 10.9 Å². The molecule has 0 bridgehead atoms. The molecular formula is C33H40N2O9. The largest absolute Gasteiger partial charge is 0.497 e. The summed E-state index contributed by atoms with van der Waals surface area (Å²) < 4.78 is 39.8. The van der Waals surface area contributed by atoms with Crippen molar-refractivity contribution in [3.63, 3.8) is 0 Å².